The van der Waals surface area contributed by atoms with Crippen molar-refractivity contribution < 1.29 is 9.53 Å². The molecule has 2 rings (SSSR count). The molecular weight excluding hydrogens is 298 g/mol. The van der Waals surface area contributed by atoms with Crippen LogP contribution in [-0.4, -0.2) is 23.7 Å². The predicted molar refractivity (Wildman–Crippen MR) is 88.4 cm³/mol. The van der Waals surface area contributed by atoms with E-state index in [0.717, 1.165) is 21.2 Å². The van der Waals surface area contributed by atoms with Gasteiger partial charge in [-0.3, -0.25) is 0 Å². The summed E-state index contributed by atoms with van der Waals surface area (Å²) in [6, 6.07) is 7.63. The number of thiazole rings is 1. The number of benzene rings is 1. The summed E-state index contributed by atoms with van der Waals surface area (Å²) in [6.07, 6.45) is 1.68. The Balaban J connectivity index is 1.70. The monoisotopic (exact) mass is 319 g/mol. The average Bonchev–Trinajstić information content (AvgIpc) is 2.91. The summed E-state index contributed by atoms with van der Waals surface area (Å²) in [7, 11) is 0. The first-order valence-electron chi connectivity index (χ1n) is 7.20. The van der Waals surface area contributed by atoms with Crippen molar-refractivity contribution in [2.24, 2.45) is 0 Å². The van der Waals surface area contributed by atoms with E-state index in [-0.39, 0.29) is 12.1 Å². The zero-order valence-corrected chi connectivity index (χ0v) is 13.9. The topological polar surface area (TPSA) is 63.2 Å². The predicted octanol–water partition coefficient (Wildman–Crippen LogP) is 3.03. The molecule has 22 heavy (non-hydrogen) atoms. The second kappa shape index (κ2) is 7.79. The molecule has 118 valence electrons. The quantitative estimate of drug-likeness (QED) is 0.860. The average molecular weight is 319 g/mol. The minimum atomic E-state index is -0.203. The lowest BCUT2D eigenvalue weighted by atomic mass is 10.2. The number of amides is 2. The van der Waals surface area contributed by atoms with Crippen LogP contribution in [0.4, 0.5) is 4.79 Å². The van der Waals surface area contributed by atoms with Crippen molar-refractivity contribution in [3.05, 3.63) is 45.9 Å². The minimum Gasteiger partial charge on any atom is -0.489 e. The van der Waals surface area contributed by atoms with Crippen LogP contribution in [0.2, 0.25) is 0 Å². The third-order valence-electron chi connectivity index (χ3n) is 3.06. The van der Waals surface area contributed by atoms with Gasteiger partial charge in [0.15, 0.2) is 0 Å². The number of hydrogen-bond acceptors (Lipinski definition) is 4. The van der Waals surface area contributed by atoms with E-state index in [4.69, 9.17) is 4.74 Å². The van der Waals surface area contributed by atoms with E-state index >= 15 is 0 Å². The number of carbonyl (C=O) groups is 1. The fraction of sp³-hybridized carbons (Fsp3) is 0.375. The van der Waals surface area contributed by atoms with Crippen LogP contribution in [-0.2, 0) is 6.54 Å². The lowest BCUT2D eigenvalue weighted by Crippen LogP contribution is -2.40. The van der Waals surface area contributed by atoms with E-state index in [0.29, 0.717) is 13.1 Å². The van der Waals surface area contributed by atoms with Crippen molar-refractivity contribution in [3.8, 4) is 5.75 Å². The number of urea groups is 1. The number of aromatic nitrogens is 1. The van der Waals surface area contributed by atoms with Gasteiger partial charge >= 0.3 is 6.03 Å². The highest BCUT2D eigenvalue weighted by Gasteiger charge is 2.08. The second-order valence-corrected chi connectivity index (χ2v) is 6.42. The Kier molecular flexibility index (Phi) is 5.77. The minimum absolute atomic E-state index is 0.0995. The Morgan fingerprint density at radius 2 is 2.09 bits per heavy atom. The summed E-state index contributed by atoms with van der Waals surface area (Å²) in [6.45, 7) is 6.81. The molecular formula is C16H21N3O2S. The number of nitrogens with one attached hydrogen (secondary N) is 2. The molecule has 0 radical (unpaired) electrons. The number of aryl methyl sites for hydroxylation is 2. The van der Waals surface area contributed by atoms with Gasteiger partial charge < -0.3 is 15.4 Å². The fourth-order valence-electron chi connectivity index (χ4n) is 1.90. The zero-order chi connectivity index (χ0) is 15.9. The molecule has 5 nitrogen and oxygen atoms in total. The van der Waals surface area contributed by atoms with Crippen LogP contribution in [0.1, 0.15) is 22.4 Å². The highest BCUT2D eigenvalue weighted by Crippen LogP contribution is 2.17. The number of ether oxygens (including phenoxy) is 1. The Bertz CT molecular complexity index is 627. The van der Waals surface area contributed by atoms with Gasteiger partial charge in [0.1, 0.15) is 11.9 Å². The zero-order valence-electron chi connectivity index (χ0n) is 13.1. The van der Waals surface area contributed by atoms with Crippen LogP contribution in [0.25, 0.3) is 0 Å². The Labute approximate surface area is 134 Å². The van der Waals surface area contributed by atoms with Crippen molar-refractivity contribution in [2.75, 3.05) is 6.54 Å². The van der Waals surface area contributed by atoms with Crippen molar-refractivity contribution >= 4 is 17.4 Å². The molecule has 1 aromatic heterocycles. The van der Waals surface area contributed by atoms with Crippen LogP contribution in [0.15, 0.2) is 30.5 Å². The van der Waals surface area contributed by atoms with E-state index in [1.54, 1.807) is 17.5 Å². The van der Waals surface area contributed by atoms with E-state index in [1.807, 2.05) is 45.0 Å². The van der Waals surface area contributed by atoms with E-state index in [1.165, 1.54) is 0 Å². The molecule has 2 N–H and O–H groups in total. The van der Waals surface area contributed by atoms with Gasteiger partial charge in [0, 0.05) is 11.1 Å². The maximum Gasteiger partial charge on any atom is 0.315 e. The van der Waals surface area contributed by atoms with Crippen LogP contribution >= 0.6 is 11.3 Å². The molecule has 1 heterocycles. The SMILES string of the molecule is Cc1ncc(CNC(=O)NCC(C)Oc2ccccc2C)s1. The third kappa shape index (κ3) is 5.04. The van der Waals surface area contributed by atoms with Crippen molar-refractivity contribution in [2.45, 2.75) is 33.4 Å². The Hall–Kier alpha value is -2.08. The van der Waals surface area contributed by atoms with E-state index in [9.17, 15) is 4.79 Å². The smallest absolute Gasteiger partial charge is 0.315 e. The summed E-state index contributed by atoms with van der Waals surface area (Å²) in [5, 5.41) is 6.61. The highest BCUT2D eigenvalue weighted by molar-refractivity contribution is 7.11. The van der Waals surface area contributed by atoms with Gasteiger partial charge in [-0.15, -0.1) is 11.3 Å². The third-order valence-corrected chi connectivity index (χ3v) is 3.98. The fourth-order valence-corrected chi connectivity index (χ4v) is 2.64. The number of hydrogen-bond donors (Lipinski definition) is 2. The normalized spacial score (nSPS) is 11.8. The van der Waals surface area contributed by atoms with Crippen LogP contribution in [0, 0.1) is 13.8 Å². The Morgan fingerprint density at radius 3 is 2.77 bits per heavy atom. The molecule has 1 aromatic carbocycles. The maximum absolute atomic E-state index is 11.8. The van der Waals surface area contributed by atoms with Gasteiger partial charge in [-0.25, -0.2) is 9.78 Å². The number of para-hydroxylation sites is 1. The lowest BCUT2D eigenvalue weighted by Gasteiger charge is -2.17. The second-order valence-electron chi connectivity index (χ2n) is 5.10. The van der Waals surface area contributed by atoms with E-state index in [2.05, 4.69) is 15.6 Å². The molecule has 0 aliphatic heterocycles. The largest absolute Gasteiger partial charge is 0.489 e. The number of carbonyl (C=O) groups excluding carboxylic acids is 1. The van der Waals surface area contributed by atoms with Crippen molar-refractivity contribution in [3.63, 3.8) is 0 Å². The van der Waals surface area contributed by atoms with Gasteiger partial charge in [-0.2, -0.15) is 0 Å². The number of nitrogens with zero attached hydrogens (tertiary/aromatic N) is 1. The van der Waals surface area contributed by atoms with E-state index < -0.39 is 0 Å². The molecule has 6 heteroatoms. The summed E-state index contributed by atoms with van der Waals surface area (Å²) >= 11 is 1.58. The molecule has 0 bridgehead atoms. The Morgan fingerprint density at radius 1 is 1.32 bits per heavy atom. The number of rotatable bonds is 6. The van der Waals surface area contributed by atoms with Gasteiger partial charge in [0.05, 0.1) is 18.1 Å². The molecule has 0 saturated carbocycles. The van der Waals surface area contributed by atoms with Gasteiger partial charge in [0.2, 0.25) is 0 Å². The molecule has 1 unspecified atom stereocenters. The molecule has 1 atom stereocenters. The van der Waals surface area contributed by atoms with Crippen molar-refractivity contribution in [1.82, 2.24) is 15.6 Å². The molecule has 0 spiro atoms. The lowest BCUT2D eigenvalue weighted by molar-refractivity contribution is 0.206. The molecule has 2 amide bonds. The summed E-state index contributed by atoms with van der Waals surface area (Å²) < 4.78 is 5.81. The molecule has 0 aliphatic carbocycles. The van der Waals surface area contributed by atoms with Crippen LogP contribution < -0.4 is 15.4 Å². The summed E-state index contributed by atoms with van der Waals surface area (Å²) in [5.41, 5.74) is 1.08. The first-order chi connectivity index (χ1) is 10.5. The van der Waals surface area contributed by atoms with Crippen LogP contribution in [0.5, 0.6) is 5.75 Å². The maximum atomic E-state index is 11.8. The molecule has 0 aliphatic rings. The molecule has 0 saturated heterocycles. The van der Waals surface area contributed by atoms with Gasteiger partial charge in [-0.1, -0.05) is 18.2 Å². The summed E-state index contributed by atoms with van der Waals surface area (Å²) in [5.74, 6) is 0.845. The summed E-state index contributed by atoms with van der Waals surface area (Å²) in [4.78, 5) is 16.9. The first-order valence-corrected chi connectivity index (χ1v) is 8.01. The molecule has 0 fully saturated rings. The van der Waals surface area contributed by atoms with Crippen molar-refractivity contribution in [1.29, 1.82) is 0 Å². The van der Waals surface area contributed by atoms with Crippen LogP contribution in [0.3, 0.4) is 0 Å². The van der Waals surface area contributed by atoms with Gasteiger partial charge in [0.25, 0.3) is 0 Å². The van der Waals surface area contributed by atoms with Gasteiger partial charge in [-0.05, 0) is 32.4 Å². The highest BCUT2D eigenvalue weighted by atomic mass is 32.1. The first kappa shape index (κ1) is 16.3. The standard InChI is InChI=1S/C16H21N3O2S/c1-11-6-4-5-7-15(11)21-12(2)8-18-16(20)19-10-14-9-17-13(3)22-14/h4-7,9,12H,8,10H2,1-3H3,(H2,18,19,20). The molecule has 2 aromatic rings.